The Kier molecular flexibility index (Phi) is 6.97. The van der Waals surface area contributed by atoms with Crippen molar-refractivity contribution in [2.24, 2.45) is 0 Å². The summed E-state index contributed by atoms with van der Waals surface area (Å²) in [6.07, 6.45) is -0.0850. The molecule has 2 heterocycles. The van der Waals surface area contributed by atoms with E-state index in [1.807, 2.05) is 6.92 Å². The number of ether oxygens (including phenoxy) is 1. The smallest absolute Gasteiger partial charge is 0.410 e. The highest BCUT2D eigenvalue weighted by atomic mass is 32.2. The Morgan fingerprint density at radius 2 is 2.00 bits per heavy atom. The number of amides is 1. The van der Waals surface area contributed by atoms with E-state index in [1.54, 1.807) is 20.8 Å². The molecular weight excluding hydrogens is 420 g/mol. The minimum Gasteiger partial charge on any atom is -0.444 e. The van der Waals surface area contributed by atoms with Crippen LogP contribution in [0.3, 0.4) is 0 Å². The molecule has 8 nitrogen and oxygen atoms in total. The average molecular weight is 450 g/mol. The Balaban J connectivity index is 2.13. The van der Waals surface area contributed by atoms with Gasteiger partial charge in [0.15, 0.2) is 0 Å². The highest BCUT2D eigenvalue weighted by Crippen LogP contribution is 2.39. The minimum absolute atomic E-state index is 0.0277. The predicted octanol–water partition coefficient (Wildman–Crippen LogP) is 3.50. The number of halogens is 2. The van der Waals surface area contributed by atoms with E-state index >= 15 is 0 Å². The quantitative estimate of drug-likeness (QED) is 0.505. The number of nitrogens with one attached hydrogen (secondary N) is 1. The molecule has 1 N–H and O–H groups in total. The SMILES string of the molecule is C=C(CCOS(C)(=O)=O)CC(F)(F)c1[nH]nc2c1CN(C(=O)OC(C)(C)C)C(C)C2. The van der Waals surface area contributed by atoms with Gasteiger partial charge in [-0.15, -0.1) is 0 Å². The van der Waals surface area contributed by atoms with E-state index in [4.69, 9.17) is 4.74 Å². The third kappa shape index (κ3) is 6.49. The summed E-state index contributed by atoms with van der Waals surface area (Å²) < 4.78 is 61.9. The maximum Gasteiger partial charge on any atom is 0.410 e. The monoisotopic (exact) mass is 449 g/mol. The van der Waals surface area contributed by atoms with Crippen LogP contribution >= 0.6 is 0 Å². The molecule has 170 valence electrons. The molecule has 0 bridgehead atoms. The summed E-state index contributed by atoms with van der Waals surface area (Å²) in [7, 11) is -3.65. The standard InChI is InChI=1S/C19H29F2N3O5S/c1-12(7-8-28-30(6,26)27)10-19(20,21)16-14-11-24(17(25)29-18(3,4)5)13(2)9-15(14)22-23-16/h13H,1,7-11H2,2-6H3,(H,22,23). The molecule has 0 fully saturated rings. The Bertz CT molecular complexity index is 906. The zero-order chi connectivity index (χ0) is 22.9. The Morgan fingerprint density at radius 3 is 2.57 bits per heavy atom. The van der Waals surface area contributed by atoms with Crippen molar-refractivity contribution in [3.05, 3.63) is 29.1 Å². The van der Waals surface area contributed by atoms with Gasteiger partial charge in [0.2, 0.25) is 0 Å². The van der Waals surface area contributed by atoms with Gasteiger partial charge in [-0.2, -0.15) is 22.3 Å². The Hall–Kier alpha value is -2.01. The van der Waals surface area contributed by atoms with E-state index in [2.05, 4.69) is 21.0 Å². The summed E-state index contributed by atoms with van der Waals surface area (Å²) >= 11 is 0. The molecule has 0 saturated heterocycles. The maximum atomic E-state index is 15.0. The molecule has 1 aromatic heterocycles. The van der Waals surface area contributed by atoms with E-state index in [0.29, 0.717) is 12.1 Å². The van der Waals surface area contributed by atoms with Gasteiger partial charge in [0.25, 0.3) is 16.0 Å². The van der Waals surface area contributed by atoms with Crippen molar-refractivity contribution in [3.63, 3.8) is 0 Å². The molecule has 30 heavy (non-hydrogen) atoms. The molecule has 2 rings (SSSR count). The second-order valence-electron chi connectivity index (χ2n) is 8.59. The zero-order valence-corrected chi connectivity index (χ0v) is 18.7. The number of carbonyl (C=O) groups is 1. The Labute approximate surface area is 175 Å². The number of nitrogens with zero attached hydrogens (tertiary/aromatic N) is 2. The van der Waals surface area contributed by atoms with Crippen molar-refractivity contribution in [1.29, 1.82) is 0 Å². The van der Waals surface area contributed by atoms with Crippen LogP contribution in [-0.2, 0) is 37.9 Å². The van der Waals surface area contributed by atoms with Crippen molar-refractivity contribution in [2.45, 2.75) is 71.1 Å². The van der Waals surface area contributed by atoms with Crippen LogP contribution in [0, 0.1) is 0 Å². The Morgan fingerprint density at radius 1 is 1.37 bits per heavy atom. The molecule has 1 amide bonds. The van der Waals surface area contributed by atoms with Crippen LogP contribution in [0.15, 0.2) is 12.2 Å². The molecule has 11 heteroatoms. The number of rotatable bonds is 7. The van der Waals surface area contributed by atoms with Gasteiger partial charge in [-0.3, -0.25) is 9.28 Å². The first kappa shape index (κ1) is 24.3. The van der Waals surface area contributed by atoms with Crippen LogP contribution in [0.25, 0.3) is 0 Å². The molecular formula is C19H29F2N3O5S. The minimum atomic E-state index is -3.65. The highest BCUT2D eigenvalue weighted by molar-refractivity contribution is 7.85. The lowest BCUT2D eigenvalue weighted by Gasteiger charge is -2.35. The van der Waals surface area contributed by atoms with Crippen LogP contribution < -0.4 is 0 Å². The van der Waals surface area contributed by atoms with E-state index in [1.165, 1.54) is 4.90 Å². The van der Waals surface area contributed by atoms with Crippen molar-refractivity contribution < 1.29 is 30.9 Å². The molecule has 1 aliphatic rings. The number of aromatic nitrogens is 2. The van der Waals surface area contributed by atoms with Crippen LogP contribution in [0.5, 0.6) is 0 Å². The number of hydrogen-bond donors (Lipinski definition) is 1. The second-order valence-corrected chi connectivity index (χ2v) is 10.2. The lowest BCUT2D eigenvalue weighted by Crippen LogP contribution is -2.45. The summed E-state index contributed by atoms with van der Waals surface area (Å²) in [5, 5.41) is 6.45. The fraction of sp³-hybridized carbons (Fsp3) is 0.684. The summed E-state index contributed by atoms with van der Waals surface area (Å²) in [5.74, 6) is -3.32. The summed E-state index contributed by atoms with van der Waals surface area (Å²) in [5.41, 5.74) is -0.179. The van der Waals surface area contributed by atoms with Crippen molar-refractivity contribution in [1.82, 2.24) is 15.1 Å². The van der Waals surface area contributed by atoms with Crippen LogP contribution in [0.1, 0.15) is 57.5 Å². The molecule has 1 aromatic rings. The first-order valence-corrected chi connectivity index (χ1v) is 11.4. The number of alkyl halides is 2. The average Bonchev–Trinajstić information content (AvgIpc) is 2.94. The van der Waals surface area contributed by atoms with Crippen molar-refractivity contribution in [2.75, 3.05) is 12.9 Å². The molecule has 0 radical (unpaired) electrons. The largest absolute Gasteiger partial charge is 0.444 e. The second kappa shape index (κ2) is 8.62. The maximum absolute atomic E-state index is 15.0. The van der Waals surface area contributed by atoms with Gasteiger partial charge in [0.05, 0.1) is 25.1 Å². The number of H-pyrrole nitrogens is 1. The summed E-state index contributed by atoms with van der Waals surface area (Å²) in [6.45, 7) is 10.3. The lowest BCUT2D eigenvalue weighted by atomic mass is 9.95. The number of hydrogen-bond acceptors (Lipinski definition) is 6. The van der Waals surface area contributed by atoms with E-state index in [0.717, 1.165) is 6.26 Å². The van der Waals surface area contributed by atoms with Crippen LogP contribution in [0.4, 0.5) is 13.6 Å². The van der Waals surface area contributed by atoms with E-state index in [-0.39, 0.29) is 42.4 Å². The van der Waals surface area contributed by atoms with Gasteiger partial charge >= 0.3 is 6.09 Å². The van der Waals surface area contributed by atoms with Gasteiger partial charge < -0.3 is 9.64 Å². The fourth-order valence-corrected chi connectivity index (χ4v) is 3.54. The molecule has 1 unspecified atom stereocenters. The predicted molar refractivity (Wildman–Crippen MR) is 107 cm³/mol. The zero-order valence-electron chi connectivity index (χ0n) is 17.9. The van der Waals surface area contributed by atoms with Gasteiger partial charge in [-0.25, -0.2) is 4.79 Å². The molecule has 0 aromatic carbocycles. The summed E-state index contributed by atoms with van der Waals surface area (Å²) in [6, 6.07) is -0.250. The van der Waals surface area contributed by atoms with E-state index in [9.17, 15) is 22.0 Å². The highest BCUT2D eigenvalue weighted by Gasteiger charge is 2.41. The molecule has 1 aliphatic heterocycles. The fourth-order valence-electron chi connectivity index (χ4n) is 3.15. The number of fused-ring (bicyclic) bond motifs is 1. The lowest BCUT2D eigenvalue weighted by molar-refractivity contribution is -0.0125. The number of aromatic amines is 1. The third-order valence-electron chi connectivity index (χ3n) is 4.52. The van der Waals surface area contributed by atoms with Crippen LogP contribution in [-0.4, -0.2) is 54.1 Å². The first-order valence-electron chi connectivity index (χ1n) is 9.54. The molecule has 0 aliphatic carbocycles. The van der Waals surface area contributed by atoms with Gasteiger partial charge in [-0.05, 0) is 34.1 Å². The first-order chi connectivity index (χ1) is 13.6. The number of carbonyl (C=O) groups excluding carboxylic acids is 1. The molecule has 0 saturated carbocycles. The summed E-state index contributed by atoms with van der Waals surface area (Å²) in [4.78, 5) is 13.9. The van der Waals surface area contributed by atoms with Crippen molar-refractivity contribution in [3.8, 4) is 0 Å². The molecule has 0 spiro atoms. The molecule has 1 atom stereocenters. The van der Waals surface area contributed by atoms with Crippen molar-refractivity contribution >= 4 is 16.2 Å². The topological polar surface area (TPSA) is 102 Å². The van der Waals surface area contributed by atoms with Gasteiger partial charge in [0, 0.05) is 24.4 Å². The third-order valence-corrected chi connectivity index (χ3v) is 5.12. The van der Waals surface area contributed by atoms with E-state index < -0.39 is 34.2 Å². The van der Waals surface area contributed by atoms with Gasteiger partial charge in [-0.1, -0.05) is 12.2 Å². The normalized spacial score (nSPS) is 17.6. The van der Waals surface area contributed by atoms with Gasteiger partial charge in [0.1, 0.15) is 11.3 Å². The van der Waals surface area contributed by atoms with Crippen LogP contribution in [0.2, 0.25) is 0 Å².